The molecular formula is C27H39BrN4O2. The first-order valence-corrected chi connectivity index (χ1v) is 13.0. The van der Waals surface area contributed by atoms with Gasteiger partial charge in [0.05, 0.1) is 0 Å². The van der Waals surface area contributed by atoms with Crippen LogP contribution in [-0.2, 0) is 6.54 Å². The van der Waals surface area contributed by atoms with E-state index in [2.05, 4.69) is 63.1 Å². The number of halogens is 1. The molecule has 34 heavy (non-hydrogen) atoms. The Labute approximate surface area is 212 Å². The van der Waals surface area contributed by atoms with Gasteiger partial charge in [-0.1, -0.05) is 15.9 Å². The van der Waals surface area contributed by atoms with Gasteiger partial charge in [-0.25, -0.2) is 0 Å². The highest BCUT2D eigenvalue weighted by molar-refractivity contribution is 9.10. The van der Waals surface area contributed by atoms with Gasteiger partial charge in [0, 0.05) is 52.2 Å². The molecule has 1 saturated carbocycles. The number of carbonyl (C=O) groups excluding carboxylic acids is 1. The van der Waals surface area contributed by atoms with Gasteiger partial charge in [-0.2, -0.15) is 0 Å². The molecule has 0 radical (unpaired) electrons. The number of rotatable bonds is 7. The van der Waals surface area contributed by atoms with Crippen LogP contribution in [0.15, 0.2) is 21.4 Å². The molecule has 1 aliphatic rings. The van der Waals surface area contributed by atoms with Crippen LogP contribution in [0.4, 0.5) is 5.69 Å². The minimum absolute atomic E-state index is 0.147. The smallest absolute Gasteiger partial charge is 0.253 e. The van der Waals surface area contributed by atoms with E-state index in [9.17, 15) is 9.59 Å². The minimum Gasteiger partial charge on any atom is -0.369 e. The summed E-state index contributed by atoms with van der Waals surface area (Å²) >= 11 is 3.71. The molecule has 1 heterocycles. The molecular weight excluding hydrogens is 492 g/mol. The number of pyridine rings is 1. The molecule has 1 aromatic carbocycles. The Balaban J connectivity index is 1.87. The summed E-state index contributed by atoms with van der Waals surface area (Å²) in [6.45, 7) is 11.1. The number of hydrogen-bond donors (Lipinski definition) is 2. The second-order valence-corrected chi connectivity index (χ2v) is 10.7. The van der Waals surface area contributed by atoms with Crippen LogP contribution in [0.3, 0.4) is 0 Å². The molecule has 1 aliphatic carbocycles. The summed E-state index contributed by atoms with van der Waals surface area (Å²) in [5.41, 5.74) is 5.86. The molecule has 1 aromatic heterocycles. The lowest BCUT2D eigenvalue weighted by atomic mass is 9.88. The summed E-state index contributed by atoms with van der Waals surface area (Å²) in [7, 11) is 4.33. The molecule has 7 heteroatoms. The fraction of sp³-hybridized carbons (Fsp3) is 0.556. The molecule has 6 nitrogen and oxygen atoms in total. The van der Waals surface area contributed by atoms with E-state index < -0.39 is 0 Å². The third kappa shape index (κ3) is 5.57. The molecule has 2 aromatic rings. The Morgan fingerprint density at radius 1 is 1.06 bits per heavy atom. The number of benzene rings is 1. The lowest BCUT2D eigenvalue weighted by molar-refractivity contribution is 0.0949. The zero-order valence-electron chi connectivity index (χ0n) is 21.6. The van der Waals surface area contributed by atoms with E-state index in [0.717, 1.165) is 51.9 Å². The number of aryl methyl sites for hydroxylation is 2. The fourth-order valence-electron chi connectivity index (χ4n) is 5.37. The molecule has 1 fully saturated rings. The zero-order valence-corrected chi connectivity index (χ0v) is 23.2. The second-order valence-electron chi connectivity index (χ2n) is 9.84. The zero-order chi connectivity index (χ0) is 25.2. The summed E-state index contributed by atoms with van der Waals surface area (Å²) in [4.78, 5) is 33.4. The Kier molecular flexibility index (Phi) is 8.63. The van der Waals surface area contributed by atoms with E-state index in [1.54, 1.807) is 0 Å². The van der Waals surface area contributed by atoms with Crippen molar-refractivity contribution in [2.45, 2.75) is 78.9 Å². The van der Waals surface area contributed by atoms with Gasteiger partial charge < -0.3 is 20.1 Å². The molecule has 0 atom stereocenters. The van der Waals surface area contributed by atoms with Crippen molar-refractivity contribution < 1.29 is 4.79 Å². The number of H-pyrrole nitrogens is 1. The first kappa shape index (κ1) is 26.5. The summed E-state index contributed by atoms with van der Waals surface area (Å²) in [6.07, 6.45) is 4.69. The van der Waals surface area contributed by atoms with Crippen LogP contribution < -0.4 is 15.8 Å². The molecule has 0 bridgehead atoms. The van der Waals surface area contributed by atoms with E-state index in [1.807, 2.05) is 33.8 Å². The van der Waals surface area contributed by atoms with Gasteiger partial charge >= 0.3 is 0 Å². The van der Waals surface area contributed by atoms with Crippen LogP contribution in [0.1, 0.15) is 70.9 Å². The number of nitrogens with one attached hydrogen (secondary N) is 2. The molecule has 0 unspecified atom stereocenters. The maximum absolute atomic E-state index is 13.4. The van der Waals surface area contributed by atoms with Crippen molar-refractivity contribution >= 4 is 27.5 Å². The monoisotopic (exact) mass is 530 g/mol. The lowest BCUT2D eigenvalue weighted by Crippen LogP contribution is -2.42. The van der Waals surface area contributed by atoms with E-state index in [0.29, 0.717) is 23.2 Å². The highest BCUT2D eigenvalue weighted by Gasteiger charge is 2.29. The van der Waals surface area contributed by atoms with Crippen molar-refractivity contribution in [1.29, 1.82) is 0 Å². The Bertz CT molecular complexity index is 1100. The van der Waals surface area contributed by atoms with Crippen LogP contribution in [0.2, 0.25) is 0 Å². The van der Waals surface area contributed by atoms with E-state index in [1.165, 1.54) is 12.8 Å². The number of aromatic nitrogens is 1. The quantitative estimate of drug-likeness (QED) is 0.528. The van der Waals surface area contributed by atoms with Gasteiger partial charge in [-0.3, -0.25) is 9.59 Å². The first-order chi connectivity index (χ1) is 16.0. The largest absolute Gasteiger partial charge is 0.369 e. The van der Waals surface area contributed by atoms with E-state index >= 15 is 0 Å². The van der Waals surface area contributed by atoms with Crippen molar-refractivity contribution in [3.8, 4) is 0 Å². The summed E-state index contributed by atoms with van der Waals surface area (Å²) < 4.78 is 0.933. The maximum Gasteiger partial charge on any atom is 0.253 e. The van der Waals surface area contributed by atoms with Crippen LogP contribution in [-0.4, -0.2) is 48.5 Å². The number of amides is 1. The van der Waals surface area contributed by atoms with Crippen LogP contribution in [0.5, 0.6) is 0 Å². The average molecular weight is 532 g/mol. The predicted octanol–water partition coefficient (Wildman–Crippen LogP) is 5.00. The normalized spacial score (nSPS) is 18.3. The molecule has 0 aliphatic heterocycles. The molecule has 0 saturated heterocycles. The van der Waals surface area contributed by atoms with Gasteiger partial charge in [0.2, 0.25) is 0 Å². The van der Waals surface area contributed by atoms with Gasteiger partial charge in [0.25, 0.3) is 11.5 Å². The van der Waals surface area contributed by atoms with Gasteiger partial charge in [0.15, 0.2) is 0 Å². The Hall–Kier alpha value is -2.12. The van der Waals surface area contributed by atoms with Crippen molar-refractivity contribution in [3.05, 3.63) is 60.5 Å². The van der Waals surface area contributed by atoms with E-state index in [-0.39, 0.29) is 18.0 Å². The van der Waals surface area contributed by atoms with Crippen LogP contribution in [0.25, 0.3) is 0 Å². The van der Waals surface area contributed by atoms with Crippen molar-refractivity contribution in [2.75, 3.05) is 25.5 Å². The molecule has 2 N–H and O–H groups in total. The second kappa shape index (κ2) is 11.1. The third-order valence-electron chi connectivity index (χ3n) is 7.39. The van der Waals surface area contributed by atoms with Gasteiger partial charge in [-0.15, -0.1) is 0 Å². The topological polar surface area (TPSA) is 68.4 Å². The SMILES string of the molecule is CCN(c1cc(Br)c(C)c(C(=O)NCc2c(C)cc(C)[nH]c2=O)c1C)C1CCC(N(C)C)CC1. The summed E-state index contributed by atoms with van der Waals surface area (Å²) in [6, 6.07) is 5.22. The van der Waals surface area contributed by atoms with Crippen LogP contribution >= 0.6 is 15.9 Å². The van der Waals surface area contributed by atoms with Crippen LogP contribution in [0, 0.1) is 27.7 Å². The fourth-order valence-corrected chi connectivity index (χ4v) is 5.79. The average Bonchev–Trinajstić information content (AvgIpc) is 2.77. The highest BCUT2D eigenvalue weighted by atomic mass is 79.9. The minimum atomic E-state index is -0.149. The third-order valence-corrected chi connectivity index (χ3v) is 8.21. The van der Waals surface area contributed by atoms with E-state index in [4.69, 9.17) is 0 Å². The number of nitrogens with zero attached hydrogens (tertiary/aromatic N) is 2. The van der Waals surface area contributed by atoms with Gasteiger partial charge in [0.1, 0.15) is 0 Å². The number of aromatic amines is 1. The number of carbonyl (C=O) groups is 1. The molecule has 3 rings (SSSR count). The van der Waals surface area contributed by atoms with Crippen molar-refractivity contribution in [1.82, 2.24) is 15.2 Å². The molecule has 1 amide bonds. The standard InChI is InChI=1S/C27H39BrN4O2/c1-8-32(21-11-9-20(10-12-21)31(6)7)24-14-23(28)18(4)25(19(24)5)27(34)29-15-22-16(2)13-17(3)30-26(22)33/h13-14,20-21H,8-12,15H2,1-7H3,(H,29,34)(H,30,33). The maximum atomic E-state index is 13.4. The van der Waals surface area contributed by atoms with Crippen molar-refractivity contribution in [2.24, 2.45) is 0 Å². The first-order valence-electron chi connectivity index (χ1n) is 12.2. The summed E-state index contributed by atoms with van der Waals surface area (Å²) in [5.74, 6) is -0.149. The van der Waals surface area contributed by atoms with Crippen molar-refractivity contribution in [3.63, 3.8) is 0 Å². The molecule has 0 spiro atoms. The lowest BCUT2D eigenvalue weighted by Gasteiger charge is -2.40. The number of hydrogen-bond acceptors (Lipinski definition) is 4. The highest BCUT2D eigenvalue weighted by Crippen LogP contribution is 2.36. The number of anilines is 1. The van der Waals surface area contributed by atoms with Gasteiger partial charge in [-0.05, 0) is 103 Å². The Morgan fingerprint density at radius 2 is 1.68 bits per heavy atom. The predicted molar refractivity (Wildman–Crippen MR) is 144 cm³/mol. The molecule has 186 valence electrons. The Morgan fingerprint density at radius 3 is 2.24 bits per heavy atom. The summed E-state index contributed by atoms with van der Waals surface area (Å²) in [5, 5.41) is 3.00.